The van der Waals surface area contributed by atoms with Crippen molar-refractivity contribution in [3.63, 3.8) is 0 Å². The normalized spacial score (nSPS) is 15.4. The number of rotatable bonds is 13. The van der Waals surface area contributed by atoms with E-state index < -0.39 is 24.3 Å². The summed E-state index contributed by atoms with van der Waals surface area (Å²) in [6.07, 6.45) is 0.337. The Morgan fingerprint density at radius 2 is 1.84 bits per heavy atom. The number of nitrogens with zero attached hydrogens (tertiary/aromatic N) is 1. The van der Waals surface area contributed by atoms with Gasteiger partial charge in [-0.1, -0.05) is 30.3 Å². The summed E-state index contributed by atoms with van der Waals surface area (Å²) in [6.45, 7) is 3.83. The van der Waals surface area contributed by atoms with Gasteiger partial charge in [-0.05, 0) is 61.4 Å². The molecule has 4 rings (SSSR count). The molecule has 0 bridgehead atoms. The van der Waals surface area contributed by atoms with Crippen LogP contribution in [0.3, 0.4) is 0 Å². The number of para-hydroxylation sites is 1. The Labute approximate surface area is 248 Å². The van der Waals surface area contributed by atoms with Gasteiger partial charge in [0.1, 0.15) is 24.8 Å². The minimum atomic E-state index is -1.17. The van der Waals surface area contributed by atoms with E-state index in [0.29, 0.717) is 40.7 Å². The molecular formula is C31H33FN4O7. The van der Waals surface area contributed by atoms with Gasteiger partial charge in [-0.2, -0.15) is 5.10 Å². The van der Waals surface area contributed by atoms with Crippen LogP contribution >= 0.6 is 0 Å². The molecule has 43 heavy (non-hydrogen) atoms. The molecular weight excluding hydrogens is 559 g/mol. The second-order valence-electron chi connectivity index (χ2n) is 9.37. The standard InChI is InChI=1S/C31H33FN4O7/c1-4-41-26-15-21(29-28(30(38)40-3)19(2)34-31(39)35-29)11-14-25(26)43-18-27(37)36-33-16-22-7-5-6-8-24(22)42-17-20-9-12-23(32)13-10-20/h5-16,27,29,36-37H,4,17-18H2,1-3H3,(H2,34,35,39)/b33-16-/t27-,29+/m1/s1. The number of aliphatic hydroxyl groups is 1. The van der Waals surface area contributed by atoms with Crippen LogP contribution in [0.4, 0.5) is 9.18 Å². The van der Waals surface area contributed by atoms with Crippen LogP contribution < -0.4 is 30.3 Å². The number of ether oxygens (including phenoxy) is 4. The topological polar surface area (TPSA) is 140 Å². The Bertz CT molecular complexity index is 1490. The van der Waals surface area contributed by atoms with Crippen molar-refractivity contribution in [3.8, 4) is 17.2 Å². The van der Waals surface area contributed by atoms with Gasteiger partial charge in [0.2, 0.25) is 0 Å². The highest BCUT2D eigenvalue weighted by Gasteiger charge is 2.32. The van der Waals surface area contributed by atoms with Crippen LogP contribution in [0, 0.1) is 5.82 Å². The van der Waals surface area contributed by atoms with E-state index in [1.807, 2.05) is 12.1 Å². The molecule has 2 amide bonds. The van der Waals surface area contributed by atoms with E-state index in [4.69, 9.17) is 18.9 Å². The van der Waals surface area contributed by atoms with E-state index in [-0.39, 0.29) is 24.6 Å². The van der Waals surface area contributed by atoms with E-state index in [1.165, 1.54) is 25.5 Å². The lowest BCUT2D eigenvalue weighted by Crippen LogP contribution is -2.45. The lowest BCUT2D eigenvalue weighted by Gasteiger charge is -2.28. The number of amides is 2. The molecule has 0 saturated carbocycles. The fourth-order valence-corrected chi connectivity index (χ4v) is 4.28. The maximum Gasteiger partial charge on any atom is 0.337 e. The van der Waals surface area contributed by atoms with Gasteiger partial charge >= 0.3 is 12.0 Å². The summed E-state index contributed by atoms with van der Waals surface area (Å²) in [5, 5.41) is 19.8. The second-order valence-corrected chi connectivity index (χ2v) is 9.37. The quantitative estimate of drug-likeness (QED) is 0.101. The summed E-state index contributed by atoms with van der Waals surface area (Å²) in [6, 6.07) is 17.0. The van der Waals surface area contributed by atoms with Crippen LogP contribution in [-0.4, -0.2) is 49.9 Å². The minimum Gasteiger partial charge on any atom is -0.490 e. The average molecular weight is 593 g/mol. The molecule has 12 heteroatoms. The third-order valence-electron chi connectivity index (χ3n) is 6.33. The molecule has 0 saturated heterocycles. The number of hydrogen-bond donors (Lipinski definition) is 4. The Hall–Kier alpha value is -5.10. The number of methoxy groups -OCH3 is 1. The molecule has 0 spiro atoms. The Balaban J connectivity index is 1.38. The molecule has 0 aromatic heterocycles. The molecule has 4 N–H and O–H groups in total. The Morgan fingerprint density at radius 1 is 1.07 bits per heavy atom. The number of halogens is 1. The molecule has 3 aromatic carbocycles. The number of allylic oxidation sites excluding steroid dienone is 1. The number of nitrogens with one attached hydrogen (secondary N) is 3. The van der Waals surface area contributed by atoms with Crippen molar-refractivity contribution in [2.45, 2.75) is 32.7 Å². The SMILES string of the molecule is CCOc1cc([C@@H]2NC(=O)NC(C)=C2C(=O)OC)ccc1OC[C@@H](O)N/N=C\c1ccccc1OCc1ccc(F)cc1. The van der Waals surface area contributed by atoms with Crippen LogP contribution in [0.25, 0.3) is 0 Å². The fraction of sp³-hybridized carbons (Fsp3) is 0.258. The molecule has 1 aliphatic heterocycles. The van der Waals surface area contributed by atoms with E-state index in [1.54, 1.807) is 56.3 Å². The van der Waals surface area contributed by atoms with Gasteiger partial charge in [0, 0.05) is 11.3 Å². The molecule has 1 aliphatic rings. The zero-order chi connectivity index (χ0) is 30.8. The van der Waals surface area contributed by atoms with Gasteiger partial charge in [-0.3, -0.25) is 5.43 Å². The van der Waals surface area contributed by atoms with Gasteiger partial charge in [0.15, 0.2) is 17.7 Å². The van der Waals surface area contributed by atoms with Crippen molar-refractivity contribution in [3.05, 3.63) is 101 Å². The zero-order valence-corrected chi connectivity index (χ0v) is 23.9. The van der Waals surface area contributed by atoms with E-state index >= 15 is 0 Å². The number of carbonyl (C=O) groups excluding carboxylic acids is 2. The summed E-state index contributed by atoms with van der Waals surface area (Å²) in [4.78, 5) is 24.6. The highest BCUT2D eigenvalue weighted by molar-refractivity contribution is 5.95. The molecule has 1 heterocycles. The molecule has 0 aliphatic carbocycles. The van der Waals surface area contributed by atoms with Gasteiger partial charge in [0.05, 0.1) is 31.5 Å². The number of benzene rings is 3. The minimum absolute atomic E-state index is 0.171. The molecule has 0 fully saturated rings. The first-order valence-corrected chi connectivity index (χ1v) is 13.5. The first-order valence-electron chi connectivity index (χ1n) is 13.5. The highest BCUT2D eigenvalue weighted by atomic mass is 19.1. The summed E-state index contributed by atoms with van der Waals surface area (Å²) >= 11 is 0. The third-order valence-corrected chi connectivity index (χ3v) is 6.33. The molecule has 2 atom stereocenters. The third kappa shape index (κ3) is 8.23. The number of carbonyl (C=O) groups is 2. The van der Waals surface area contributed by atoms with Gasteiger partial charge in [-0.15, -0.1) is 0 Å². The van der Waals surface area contributed by atoms with Crippen LogP contribution in [0.5, 0.6) is 17.2 Å². The number of esters is 1. The summed E-state index contributed by atoms with van der Waals surface area (Å²) in [7, 11) is 1.27. The largest absolute Gasteiger partial charge is 0.490 e. The van der Waals surface area contributed by atoms with Crippen LogP contribution in [0.1, 0.15) is 36.6 Å². The smallest absolute Gasteiger partial charge is 0.337 e. The van der Waals surface area contributed by atoms with E-state index in [9.17, 15) is 19.1 Å². The monoisotopic (exact) mass is 592 g/mol. The average Bonchev–Trinajstić information content (AvgIpc) is 3.00. The van der Waals surface area contributed by atoms with Crippen LogP contribution in [0.2, 0.25) is 0 Å². The number of aliphatic hydroxyl groups excluding tert-OH is 1. The maximum atomic E-state index is 13.2. The lowest BCUT2D eigenvalue weighted by molar-refractivity contribution is -0.136. The van der Waals surface area contributed by atoms with Crippen molar-refractivity contribution >= 4 is 18.2 Å². The summed E-state index contributed by atoms with van der Waals surface area (Å²) < 4.78 is 35.4. The first kappa shape index (κ1) is 30.8. The van der Waals surface area contributed by atoms with Gasteiger partial charge in [0.25, 0.3) is 0 Å². The van der Waals surface area contributed by atoms with Crippen molar-refractivity contribution in [2.75, 3.05) is 20.3 Å². The maximum absolute atomic E-state index is 13.2. The lowest BCUT2D eigenvalue weighted by atomic mass is 9.95. The van der Waals surface area contributed by atoms with Crippen molar-refractivity contribution in [1.29, 1.82) is 0 Å². The highest BCUT2D eigenvalue weighted by Crippen LogP contribution is 2.35. The predicted octanol–water partition coefficient (Wildman–Crippen LogP) is 3.93. The molecule has 3 aromatic rings. The molecule has 0 radical (unpaired) electrons. The van der Waals surface area contributed by atoms with Crippen molar-refractivity contribution in [1.82, 2.24) is 16.1 Å². The van der Waals surface area contributed by atoms with Crippen LogP contribution in [-0.2, 0) is 16.1 Å². The summed E-state index contributed by atoms with van der Waals surface area (Å²) in [5.41, 5.74) is 5.31. The van der Waals surface area contributed by atoms with Crippen molar-refractivity contribution in [2.24, 2.45) is 5.10 Å². The van der Waals surface area contributed by atoms with Gasteiger partial charge in [-0.25, -0.2) is 14.0 Å². The Kier molecular flexibility index (Phi) is 10.5. The van der Waals surface area contributed by atoms with Crippen molar-refractivity contribution < 1.29 is 38.0 Å². The number of urea groups is 1. The molecule has 226 valence electrons. The second kappa shape index (κ2) is 14.7. The first-order chi connectivity index (χ1) is 20.8. The predicted molar refractivity (Wildman–Crippen MR) is 156 cm³/mol. The van der Waals surface area contributed by atoms with Gasteiger partial charge < -0.3 is 34.7 Å². The number of hydrogen-bond acceptors (Lipinski definition) is 9. The fourth-order valence-electron chi connectivity index (χ4n) is 4.28. The van der Waals surface area contributed by atoms with E-state index in [0.717, 1.165) is 5.56 Å². The van der Waals surface area contributed by atoms with Crippen LogP contribution in [0.15, 0.2) is 83.1 Å². The Morgan fingerprint density at radius 3 is 2.58 bits per heavy atom. The molecule has 11 nitrogen and oxygen atoms in total. The zero-order valence-electron chi connectivity index (χ0n) is 23.9. The summed E-state index contributed by atoms with van der Waals surface area (Å²) in [5.74, 6) is 0.373. The van der Waals surface area contributed by atoms with E-state index in [2.05, 4.69) is 21.2 Å². The number of hydrazone groups is 1. The molecule has 0 unspecified atom stereocenters.